The minimum atomic E-state index is -3.16. The molecule has 1 amide bonds. The van der Waals surface area contributed by atoms with E-state index in [4.69, 9.17) is 0 Å². The average Bonchev–Trinajstić information content (AvgIpc) is 2.86. The second-order valence-electron chi connectivity index (χ2n) is 6.33. The average molecular weight is 322 g/mol. The molecular formula is C16H22N2O3S. The lowest BCUT2D eigenvalue weighted by Crippen LogP contribution is -2.58. The highest BCUT2D eigenvalue weighted by molar-refractivity contribution is 7.90. The number of nitrogens with one attached hydrogen (secondary N) is 1. The molecule has 1 unspecified atom stereocenters. The summed E-state index contributed by atoms with van der Waals surface area (Å²) in [5, 5.41) is 3.00. The van der Waals surface area contributed by atoms with Crippen molar-refractivity contribution in [1.82, 2.24) is 10.2 Å². The number of hydrogen-bond donors (Lipinski definition) is 1. The summed E-state index contributed by atoms with van der Waals surface area (Å²) in [6, 6.07) is 7.00. The van der Waals surface area contributed by atoms with Gasteiger partial charge in [-0.1, -0.05) is 12.1 Å². The van der Waals surface area contributed by atoms with Crippen LogP contribution in [0.25, 0.3) is 0 Å². The van der Waals surface area contributed by atoms with Crippen LogP contribution in [-0.4, -0.2) is 44.1 Å². The van der Waals surface area contributed by atoms with Crippen LogP contribution in [0.15, 0.2) is 29.2 Å². The number of benzene rings is 1. The normalized spacial score (nSPS) is 26.3. The summed E-state index contributed by atoms with van der Waals surface area (Å²) in [4.78, 5) is 15.0. The maximum atomic E-state index is 12.4. The van der Waals surface area contributed by atoms with Gasteiger partial charge in [0.25, 0.3) is 0 Å². The van der Waals surface area contributed by atoms with E-state index in [1.54, 1.807) is 12.1 Å². The predicted molar refractivity (Wildman–Crippen MR) is 84.2 cm³/mol. The Morgan fingerprint density at radius 1 is 1.18 bits per heavy atom. The summed E-state index contributed by atoms with van der Waals surface area (Å²) in [6.45, 7) is 2.39. The van der Waals surface area contributed by atoms with Crippen molar-refractivity contribution in [2.75, 3.05) is 19.3 Å². The molecule has 2 fully saturated rings. The van der Waals surface area contributed by atoms with Crippen LogP contribution in [-0.2, 0) is 21.2 Å². The predicted octanol–water partition coefficient (Wildman–Crippen LogP) is 1.33. The van der Waals surface area contributed by atoms with Crippen LogP contribution in [0, 0.1) is 0 Å². The third-order valence-electron chi connectivity index (χ3n) is 4.82. The first-order valence-corrected chi connectivity index (χ1v) is 9.63. The molecule has 3 rings (SSSR count). The molecule has 1 spiro atoms. The van der Waals surface area contributed by atoms with Gasteiger partial charge in [-0.3, -0.25) is 9.69 Å². The van der Waals surface area contributed by atoms with Gasteiger partial charge in [-0.05, 0) is 49.9 Å². The van der Waals surface area contributed by atoms with Gasteiger partial charge in [-0.15, -0.1) is 0 Å². The van der Waals surface area contributed by atoms with Crippen LogP contribution in [0.5, 0.6) is 0 Å². The third kappa shape index (κ3) is 2.77. The second-order valence-corrected chi connectivity index (χ2v) is 8.35. The number of rotatable bonds is 3. The highest BCUT2D eigenvalue weighted by Crippen LogP contribution is 2.36. The summed E-state index contributed by atoms with van der Waals surface area (Å²) in [5.74, 6) is 0.156. The molecule has 2 aliphatic rings. The first-order valence-electron chi connectivity index (χ1n) is 7.74. The Hall–Kier alpha value is -1.40. The zero-order chi connectivity index (χ0) is 15.8. The van der Waals surface area contributed by atoms with E-state index >= 15 is 0 Å². The zero-order valence-electron chi connectivity index (χ0n) is 12.8. The molecule has 0 saturated carbocycles. The van der Waals surface area contributed by atoms with Gasteiger partial charge in [0.15, 0.2) is 9.84 Å². The van der Waals surface area contributed by atoms with Gasteiger partial charge in [0.1, 0.15) is 5.54 Å². The van der Waals surface area contributed by atoms with Crippen molar-refractivity contribution in [3.8, 4) is 0 Å². The molecule has 120 valence electrons. The molecule has 1 atom stereocenters. The standard InChI is InChI=1S/C16H22N2O3S/c1-22(20,21)14-6-4-13(5-7-14)12-18-11-3-9-16(18)8-2-10-17-15(16)19/h4-7H,2-3,8-12H2,1H3,(H,17,19). The molecule has 1 aromatic rings. The quantitative estimate of drug-likeness (QED) is 0.912. The van der Waals surface area contributed by atoms with Crippen LogP contribution in [0.1, 0.15) is 31.2 Å². The van der Waals surface area contributed by atoms with Crippen molar-refractivity contribution < 1.29 is 13.2 Å². The Labute approximate surface area is 131 Å². The fourth-order valence-corrected chi connectivity index (χ4v) is 4.26. The number of carbonyl (C=O) groups is 1. The fourth-order valence-electron chi connectivity index (χ4n) is 3.63. The number of amides is 1. The molecule has 22 heavy (non-hydrogen) atoms. The molecule has 0 bridgehead atoms. The Morgan fingerprint density at radius 3 is 2.50 bits per heavy atom. The van der Waals surface area contributed by atoms with E-state index in [9.17, 15) is 13.2 Å². The Morgan fingerprint density at radius 2 is 1.86 bits per heavy atom. The van der Waals surface area contributed by atoms with E-state index in [1.807, 2.05) is 12.1 Å². The maximum absolute atomic E-state index is 12.4. The van der Waals surface area contributed by atoms with E-state index in [1.165, 1.54) is 6.26 Å². The zero-order valence-corrected chi connectivity index (χ0v) is 13.7. The van der Waals surface area contributed by atoms with E-state index in [2.05, 4.69) is 10.2 Å². The monoisotopic (exact) mass is 322 g/mol. The van der Waals surface area contributed by atoms with E-state index < -0.39 is 9.84 Å². The molecule has 2 aliphatic heterocycles. The summed E-state index contributed by atoms with van der Waals surface area (Å²) in [5.41, 5.74) is 0.695. The van der Waals surface area contributed by atoms with Gasteiger partial charge < -0.3 is 5.32 Å². The Balaban J connectivity index is 1.79. The Kier molecular flexibility index (Phi) is 3.99. The number of sulfone groups is 1. The summed E-state index contributed by atoms with van der Waals surface area (Å²) in [6.07, 6.45) is 5.11. The molecule has 1 aromatic carbocycles. The minimum Gasteiger partial charge on any atom is -0.354 e. The van der Waals surface area contributed by atoms with Crippen molar-refractivity contribution in [3.63, 3.8) is 0 Å². The Bertz CT molecular complexity index is 669. The lowest BCUT2D eigenvalue weighted by Gasteiger charge is -2.40. The molecule has 0 radical (unpaired) electrons. The van der Waals surface area contributed by atoms with Crippen LogP contribution in [0.4, 0.5) is 0 Å². The lowest BCUT2D eigenvalue weighted by molar-refractivity contribution is -0.134. The van der Waals surface area contributed by atoms with Crippen LogP contribution in [0.3, 0.4) is 0 Å². The molecule has 2 heterocycles. The van der Waals surface area contributed by atoms with E-state index in [0.717, 1.165) is 44.3 Å². The number of carbonyl (C=O) groups excluding carboxylic acids is 1. The number of likely N-dealkylation sites (tertiary alicyclic amines) is 1. The van der Waals surface area contributed by atoms with Crippen LogP contribution < -0.4 is 5.32 Å². The van der Waals surface area contributed by atoms with Crippen molar-refractivity contribution in [3.05, 3.63) is 29.8 Å². The van der Waals surface area contributed by atoms with Crippen molar-refractivity contribution in [2.24, 2.45) is 0 Å². The number of piperidine rings is 1. The van der Waals surface area contributed by atoms with Gasteiger partial charge in [0.05, 0.1) is 4.90 Å². The van der Waals surface area contributed by atoms with Gasteiger partial charge in [-0.2, -0.15) is 0 Å². The highest BCUT2D eigenvalue weighted by atomic mass is 32.2. The highest BCUT2D eigenvalue weighted by Gasteiger charge is 2.47. The van der Waals surface area contributed by atoms with E-state index in [0.29, 0.717) is 11.4 Å². The molecule has 0 aromatic heterocycles. The smallest absolute Gasteiger partial charge is 0.240 e. The fraction of sp³-hybridized carbons (Fsp3) is 0.562. The van der Waals surface area contributed by atoms with Gasteiger partial charge in [0.2, 0.25) is 5.91 Å². The van der Waals surface area contributed by atoms with Crippen LogP contribution >= 0.6 is 0 Å². The summed E-state index contributed by atoms with van der Waals surface area (Å²) in [7, 11) is -3.16. The van der Waals surface area contributed by atoms with Gasteiger partial charge >= 0.3 is 0 Å². The topological polar surface area (TPSA) is 66.5 Å². The van der Waals surface area contributed by atoms with Crippen molar-refractivity contribution in [1.29, 1.82) is 0 Å². The van der Waals surface area contributed by atoms with E-state index in [-0.39, 0.29) is 11.4 Å². The lowest BCUT2D eigenvalue weighted by atomic mass is 9.86. The summed E-state index contributed by atoms with van der Waals surface area (Å²) >= 11 is 0. The van der Waals surface area contributed by atoms with Crippen molar-refractivity contribution in [2.45, 2.75) is 42.7 Å². The van der Waals surface area contributed by atoms with Gasteiger partial charge in [-0.25, -0.2) is 8.42 Å². The SMILES string of the molecule is CS(=O)(=O)c1ccc(CN2CCCC23CCCNC3=O)cc1. The number of hydrogen-bond acceptors (Lipinski definition) is 4. The first-order chi connectivity index (χ1) is 10.4. The van der Waals surface area contributed by atoms with Crippen molar-refractivity contribution >= 4 is 15.7 Å². The molecule has 1 N–H and O–H groups in total. The first kappa shape index (κ1) is 15.5. The largest absolute Gasteiger partial charge is 0.354 e. The second kappa shape index (κ2) is 5.66. The molecule has 0 aliphatic carbocycles. The molecule has 2 saturated heterocycles. The summed E-state index contributed by atoms with van der Waals surface area (Å²) < 4.78 is 23.0. The molecule has 6 heteroatoms. The van der Waals surface area contributed by atoms with Crippen LogP contribution in [0.2, 0.25) is 0 Å². The molecule has 5 nitrogen and oxygen atoms in total. The third-order valence-corrected chi connectivity index (χ3v) is 5.95. The maximum Gasteiger partial charge on any atom is 0.240 e. The number of nitrogens with zero attached hydrogens (tertiary/aromatic N) is 1. The minimum absolute atomic E-state index is 0.156. The van der Waals surface area contributed by atoms with Gasteiger partial charge in [0, 0.05) is 19.3 Å². The molecular weight excluding hydrogens is 300 g/mol.